The Morgan fingerprint density at radius 1 is 0.494 bits per heavy atom. The predicted octanol–water partition coefficient (Wildman–Crippen LogP) is 9.78. The van der Waals surface area contributed by atoms with E-state index >= 15 is 0 Å². The predicted molar refractivity (Wildman–Crippen MR) is 267 cm³/mol. The van der Waals surface area contributed by atoms with E-state index in [1.807, 2.05) is 26.1 Å². The monoisotopic (exact) mass is 1630 g/mol. The summed E-state index contributed by atoms with van der Waals surface area (Å²) in [4.78, 5) is 42.9. The van der Waals surface area contributed by atoms with Crippen molar-refractivity contribution in [2.45, 2.75) is 34.2 Å². The normalized spacial score (nSPS) is 9.75. The van der Waals surface area contributed by atoms with E-state index in [1.54, 1.807) is 90.8 Å². The number of halogens is 6. The Balaban J connectivity index is 0.000000476. The molecule has 25 heteroatoms. The number of rotatable bonds is 8. The van der Waals surface area contributed by atoms with Gasteiger partial charge in [-0.15, -0.1) is 36.4 Å². The number of aromatic carboxylic acids is 3. The van der Waals surface area contributed by atoms with Gasteiger partial charge in [-0.3, -0.25) is 40.4 Å². The zero-order valence-corrected chi connectivity index (χ0v) is 50.2. The molecule has 0 fully saturated rings. The molecule has 0 aliphatic heterocycles. The molecule has 0 aliphatic carbocycles. The number of pyridine rings is 3. The summed E-state index contributed by atoms with van der Waals surface area (Å²) in [7, 11) is 6.95. The summed E-state index contributed by atoms with van der Waals surface area (Å²) < 4.78 is 82.7. The van der Waals surface area contributed by atoms with Crippen LogP contribution in [0.1, 0.15) is 59.7 Å². The van der Waals surface area contributed by atoms with E-state index in [9.17, 15) is 40.7 Å². The van der Waals surface area contributed by atoms with Crippen LogP contribution in [0, 0.1) is 80.8 Å². The van der Waals surface area contributed by atoms with Crippen LogP contribution in [0.2, 0.25) is 0 Å². The molecule has 6 heterocycles. The summed E-state index contributed by atoms with van der Waals surface area (Å²) in [5.41, 5.74) is 6.71. The molecule has 4 N–H and O–H groups in total. The zero-order chi connectivity index (χ0) is 56.2. The van der Waals surface area contributed by atoms with Gasteiger partial charge < -0.3 is 35.6 Å². The number of hydrogen-bond acceptors (Lipinski definition) is 10. The second-order valence-corrected chi connectivity index (χ2v) is 15.9. The summed E-state index contributed by atoms with van der Waals surface area (Å²) in [6.07, 6.45) is 4.73. The first-order valence-corrected chi connectivity index (χ1v) is 22.2. The number of nitrogens with zero attached hydrogens (tertiary/aromatic N) is 9. The Morgan fingerprint density at radius 3 is 1.14 bits per heavy atom. The summed E-state index contributed by atoms with van der Waals surface area (Å²) in [6.45, 7) is 7.96. The maximum absolute atomic E-state index is 13.5. The largest absolute Gasteiger partial charge is 0.476 e. The van der Waals surface area contributed by atoms with Gasteiger partial charge in [0.2, 0.25) is 0 Å². The van der Waals surface area contributed by atoms with Crippen LogP contribution < -0.4 is 5.32 Å². The molecule has 3 aromatic carbocycles. The van der Waals surface area contributed by atoms with E-state index in [0.29, 0.717) is 23.6 Å². The zero-order valence-electron chi connectivity index (χ0n) is 43.0. The first-order valence-electron chi connectivity index (χ1n) is 22.2. The molecule has 6 aromatic heterocycles. The van der Waals surface area contributed by atoms with Crippen LogP contribution in [0.3, 0.4) is 0 Å². The summed E-state index contributed by atoms with van der Waals surface area (Å²) in [5.74, 6) is -6.81. The van der Waals surface area contributed by atoms with Crippen molar-refractivity contribution in [1.29, 1.82) is 0 Å². The van der Waals surface area contributed by atoms with Crippen LogP contribution in [-0.4, -0.2) is 84.6 Å². The van der Waals surface area contributed by atoms with Gasteiger partial charge >= 0.3 is 17.9 Å². The molecule has 0 atom stereocenters. The van der Waals surface area contributed by atoms with Gasteiger partial charge in [0.25, 0.3) is 0 Å². The van der Waals surface area contributed by atoms with E-state index in [2.05, 4.69) is 53.8 Å². The number of aryl methyl sites for hydroxylation is 7. The molecule has 0 spiro atoms. The van der Waals surface area contributed by atoms with Gasteiger partial charge in [-0.1, -0.05) is 64.7 Å². The van der Waals surface area contributed by atoms with Crippen LogP contribution in [0.25, 0.3) is 33.8 Å². The van der Waals surface area contributed by atoms with Crippen LogP contribution in [0.15, 0.2) is 116 Å². The molecule has 79 heavy (non-hydrogen) atoms. The minimum atomic E-state index is -0.983. The van der Waals surface area contributed by atoms with Gasteiger partial charge in [-0.25, -0.2) is 14.4 Å². The Hall–Kier alpha value is -7.36. The maximum Gasteiger partial charge on any atom is 0.356 e. The average Bonchev–Trinajstić information content (AvgIpc) is 4.03. The van der Waals surface area contributed by atoms with Crippen LogP contribution in [0.5, 0.6) is 0 Å². The van der Waals surface area contributed by atoms with E-state index in [0.717, 1.165) is 64.6 Å². The standard InChI is InChI=1S/C13H11F2N2.C12H8F2N.C11H6F2N.3C6H8N2O2.3Ir/c1-16-8-9-4-5-17-13(6-9)11-3-2-10(14)7-12(11)15;1-8-4-5-15-12(6-8)10-3-2-9(13)7-11(10)14;12-8-4-5-9(10(13)7-8)11-3-1-2-6-14-11;3*1-4-3-5(6(9)10)7-8(4)2;;;/h2,4-7,16H,8H2,1H3;2,4-7H,1H3;1-4,6-7H;3*3H,1-2H3,(H,9,10);;;/q3*-1;;;;;;. The van der Waals surface area contributed by atoms with Crippen LogP contribution >= 0.6 is 0 Å². The van der Waals surface area contributed by atoms with Crippen molar-refractivity contribution in [3.05, 3.63) is 214 Å². The Bertz CT molecular complexity index is 3230. The van der Waals surface area contributed by atoms with Crippen molar-refractivity contribution in [1.82, 2.24) is 49.6 Å². The molecule has 423 valence electrons. The van der Waals surface area contributed by atoms with Crippen molar-refractivity contribution >= 4 is 17.9 Å². The van der Waals surface area contributed by atoms with Gasteiger partial charge in [0.05, 0.1) is 0 Å². The Morgan fingerprint density at radius 2 is 0.848 bits per heavy atom. The van der Waals surface area contributed by atoms with E-state index < -0.39 is 52.8 Å². The van der Waals surface area contributed by atoms with Crippen molar-refractivity contribution in [3.8, 4) is 33.8 Å². The fourth-order valence-electron chi connectivity index (χ4n) is 6.03. The first-order chi connectivity index (χ1) is 36.0. The number of aromatic nitrogens is 9. The van der Waals surface area contributed by atoms with Gasteiger partial charge in [-0.05, 0) is 93.8 Å². The molecule has 16 nitrogen and oxygen atoms in total. The van der Waals surface area contributed by atoms with E-state index in [4.69, 9.17) is 15.3 Å². The molecule has 9 aromatic rings. The molecule has 0 bridgehead atoms. The van der Waals surface area contributed by atoms with Gasteiger partial charge in [-0.2, -0.15) is 15.3 Å². The number of hydrogen-bond donors (Lipinski definition) is 4. The van der Waals surface area contributed by atoms with Crippen LogP contribution in [0.4, 0.5) is 26.3 Å². The van der Waals surface area contributed by atoms with E-state index in [-0.39, 0.29) is 94.1 Å². The topological polar surface area (TPSA) is 216 Å². The minimum absolute atomic E-state index is 0. The molecular formula is C54H49F6Ir3N10O6-3. The number of carboxylic acid groups (broad SMARTS) is 3. The molecule has 3 radical (unpaired) electrons. The van der Waals surface area contributed by atoms with Crippen molar-refractivity contribution in [2.24, 2.45) is 21.1 Å². The molecular weight excluding hydrogens is 1580 g/mol. The fraction of sp³-hybridized carbons (Fsp3) is 0.167. The number of carboxylic acids is 3. The molecule has 0 saturated heterocycles. The van der Waals surface area contributed by atoms with Gasteiger partial charge in [0.1, 0.15) is 0 Å². The van der Waals surface area contributed by atoms with Crippen molar-refractivity contribution in [2.75, 3.05) is 7.05 Å². The third kappa shape index (κ3) is 22.1. The minimum Gasteiger partial charge on any atom is -0.476 e. The quantitative estimate of drug-likeness (QED) is 0.0824. The van der Waals surface area contributed by atoms with Gasteiger partial charge in [0, 0.05) is 159 Å². The number of carbonyl (C=O) groups is 3. The molecule has 9 rings (SSSR count). The average molecular weight is 1620 g/mol. The maximum atomic E-state index is 13.5. The van der Waals surface area contributed by atoms with E-state index in [1.165, 1.54) is 32.2 Å². The SMILES string of the molecule is CNCc1ccnc(-c2[c-]cc(F)cc2F)c1.Cc1cc(C(=O)O)nn1C.Cc1cc(C(=O)O)nn1C.Cc1cc(C(=O)O)nn1C.Cc1ccnc(-c2[c-]cc(F)cc2F)c1.Fc1c[c-]c(-c2ccccn2)c(F)c1.[Ir].[Ir].[Ir]. The summed E-state index contributed by atoms with van der Waals surface area (Å²) in [6, 6.07) is 30.2. The van der Waals surface area contributed by atoms with Crippen molar-refractivity contribution < 1.29 is 116 Å². The molecule has 0 aliphatic rings. The number of benzene rings is 3. The molecule has 0 saturated carbocycles. The Kier molecular flexibility index (Phi) is 29.8. The summed E-state index contributed by atoms with van der Waals surface area (Å²) in [5, 5.41) is 39.5. The Labute approximate surface area is 491 Å². The first kappa shape index (κ1) is 69.7. The van der Waals surface area contributed by atoms with Gasteiger partial charge in [0.15, 0.2) is 17.1 Å². The number of nitrogens with one attached hydrogen (secondary N) is 1. The fourth-order valence-corrected chi connectivity index (χ4v) is 6.03. The molecule has 0 unspecified atom stereocenters. The smallest absolute Gasteiger partial charge is 0.356 e. The van der Waals surface area contributed by atoms with Crippen molar-refractivity contribution in [3.63, 3.8) is 0 Å². The molecule has 0 amide bonds. The summed E-state index contributed by atoms with van der Waals surface area (Å²) >= 11 is 0. The second-order valence-electron chi connectivity index (χ2n) is 15.9. The second kappa shape index (κ2) is 33.8. The third-order valence-electron chi connectivity index (χ3n) is 10.1. The van der Waals surface area contributed by atoms with Crippen LogP contribution in [-0.2, 0) is 88.0 Å². The third-order valence-corrected chi connectivity index (χ3v) is 10.1.